The fourth-order valence-corrected chi connectivity index (χ4v) is 1.93. The molecule has 1 unspecified atom stereocenters. The van der Waals surface area contributed by atoms with Crippen LogP contribution in [0.25, 0.3) is 0 Å². The van der Waals surface area contributed by atoms with Crippen molar-refractivity contribution < 1.29 is 4.74 Å². The van der Waals surface area contributed by atoms with Crippen molar-refractivity contribution in [3.05, 3.63) is 29.8 Å². The van der Waals surface area contributed by atoms with Crippen molar-refractivity contribution in [3.63, 3.8) is 0 Å². The van der Waals surface area contributed by atoms with E-state index < -0.39 is 0 Å². The molecule has 0 saturated heterocycles. The number of nitriles is 1. The van der Waals surface area contributed by atoms with E-state index in [1.54, 1.807) is 0 Å². The van der Waals surface area contributed by atoms with Gasteiger partial charge in [-0.3, -0.25) is 0 Å². The number of ether oxygens (including phenoxy) is 1. The monoisotopic (exact) mass is 187 g/mol. The summed E-state index contributed by atoms with van der Waals surface area (Å²) in [5.74, 6) is 0.949. The molecule has 0 radical (unpaired) electrons. The second-order valence-electron chi connectivity index (χ2n) is 3.76. The summed E-state index contributed by atoms with van der Waals surface area (Å²) < 4.78 is 5.86. The molecule has 14 heavy (non-hydrogen) atoms. The standard InChI is InChI=1S/C12H13NO/c1-2-12(7-8-13)9-10-5-3-4-6-11(10)14-12/h3-6H,2,7,9H2,1H3. The maximum atomic E-state index is 8.77. The molecule has 1 aromatic rings. The Morgan fingerprint density at radius 2 is 2.29 bits per heavy atom. The Morgan fingerprint density at radius 3 is 2.93 bits per heavy atom. The Morgan fingerprint density at radius 1 is 1.50 bits per heavy atom. The van der Waals surface area contributed by atoms with Gasteiger partial charge < -0.3 is 4.74 Å². The predicted octanol–water partition coefficient (Wildman–Crippen LogP) is 2.68. The molecule has 1 atom stereocenters. The number of para-hydroxylation sites is 1. The lowest BCUT2D eigenvalue weighted by Gasteiger charge is -2.24. The normalized spacial score (nSPS) is 23.7. The molecule has 72 valence electrons. The van der Waals surface area contributed by atoms with Gasteiger partial charge in [-0.05, 0) is 18.1 Å². The van der Waals surface area contributed by atoms with Gasteiger partial charge in [0.2, 0.25) is 0 Å². The topological polar surface area (TPSA) is 33.0 Å². The highest BCUT2D eigenvalue weighted by Crippen LogP contribution is 2.38. The van der Waals surface area contributed by atoms with Crippen LogP contribution < -0.4 is 4.74 Å². The van der Waals surface area contributed by atoms with Crippen molar-refractivity contribution in [1.29, 1.82) is 5.26 Å². The molecular formula is C12H13NO. The summed E-state index contributed by atoms with van der Waals surface area (Å²) in [5, 5.41) is 8.77. The van der Waals surface area contributed by atoms with E-state index >= 15 is 0 Å². The Labute approximate surface area is 84.1 Å². The minimum Gasteiger partial charge on any atom is -0.486 e. The largest absolute Gasteiger partial charge is 0.486 e. The molecule has 2 nitrogen and oxygen atoms in total. The average Bonchev–Trinajstić information content (AvgIpc) is 2.57. The number of hydrogen-bond donors (Lipinski definition) is 0. The molecule has 1 heterocycles. The van der Waals surface area contributed by atoms with Crippen LogP contribution in [0.15, 0.2) is 24.3 Å². The van der Waals surface area contributed by atoms with Crippen molar-refractivity contribution in [1.82, 2.24) is 0 Å². The maximum Gasteiger partial charge on any atom is 0.126 e. The predicted molar refractivity (Wildman–Crippen MR) is 54.0 cm³/mol. The number of nitrogens with zero attached hydrogens (tertiary/aromatic N) is 1. The zero-order valence-corrected chi connectivity index (χ0v) is 8.29. The van der Waals surface area contributed by atoms with Crippen molar-refractivity contribution in [2.75, 3.05) is 0 Å². The van der Waals surface area contributed by atoms with Crippen molar-refractivity contribution in [3.8, 4) is 11.8 Å². The molecule has 0 bridgehead atoms. The minimum absolute atomic E-state index is 0.265. The molecule has 0 aliphatic carbocycles. The molecule has 2 heteroatoms. The van der Waals surface area contributed by atoms with Crippen LogP contribution in [-0.4, -0.2) is 5.60 Å². The lowest BCUT2D eigenvalue weighted by atomic mass is 9.92. The van der Waals surface area contributed by atoms with Gasteiger partial charge in [-0.1, -0.05) is 25.1 Å². The summed E-state index contributed by atoms with van der Waals surface area (Å²) in [6.45, 7) is 2.07. The molecule has 0 N–H and O–H groups in total. The fraction of sp³-hybridized carbons (Fsp3) is 0.417. The smallest absolute Gasteiger partial charge is 0.126 e. The summed E-state index contributed by atoms with van der Waals surface area (Å²) in [4.78, 5) is 0. The fourth-order valence-electron chi connectivity index (χ4n) is 1.93. The SMILES string of the molecule is CCC1(CC#N)Cc2ccccc2O1. The summed E-state index contributed by atoms with van der Waals surface area (Å²) >= 11 is 0. The lowest BCUT2D eigenvalue weighted by Crippen LogP contribution is -2.32. The highest BCUT2D eigenvalue weighted by Gasteiger charge is 2.37. The zero-order chi connectivity index (χ0) is 10.0. The van der Waals surface area contributed by atoms with Crippen LogP contribution in [-0.2, 0) is 6.42 Å². The summed E-state index contributed by atoms with van der Waals surface area (Å²) in [6.07, 6.45) is 2.22. The average molecular weight is 187 g/mol. The van der Waals surface area contributed by atoms with E-state index in [1.165, 1.54) is 5.56 Å². The molecular weight excluding hydrogens is 174 g/mol. The van der Waals surface area contributed by atoms with Gasteiger partial charge in [0, 0.05) is 6.42 Å². The van der Waals surface area contributed by atoms with E-state index in [9.17, 15) is 0 Å². The van der Waals surface area contributed by atoms with E-state index in [2.05, 4.69) is 19.1 Å². The van der Waals surface area contributed by atoms with Gasteiger partial charge in [0.05, 0.1) is 12.5 Å². The van der Waals surface area contributed by atoms with E-state index in [1.807, 2.05) is 18.2 Å². The highest BCUT2D eigenvalue weighted by molar-refractivity contribution is 5.39. The summed E-state index contributed by atoms with van der Waals surface area (Å²) in [7, 11) is 0. The minimum atomic E-state index is -0.265. The first-order valence-corrected chi connectivity index (χ1v) is 4.93. The van der Waals surface area contributed by atoms with Crippen LogP contribution in [0.3, 0.4) is 0 Å². The maximum absolute atomic E-state index is 8.77. The molecule has 0 fully saturated rings. The molecule has 0 amide bonds. The van der Waals surface area contributed by atoms with Gasteiger partial charge in [-0.2, -0.15) is 5.26 Å². The van der Waals surface area contributed by atoms with Crippen LogP contribution in [0.5, 0.6) is 5.75 Å². The van der Waals surface area contributed by atoms with Crippen LogP contribution in [0.2, 0.25) is 0 Å². The third kappa shape index (κ3) is 1.35. The first kappa shape index (κ1) is 9.08. The second-order valence-corrected chi connectivity index (χ2v) is 3.76. The quantitative estimate of drug-likeness (QED) is 0.713. The van der Waals surface area contributed by atoms with Crippen molar-refractivity contribution in [2.45, 2.75) is 31.8 Å². The molecule has 0 spiro atoms. The Hall–Kier alpha value is -1.49. The summed E-state index contributed by atoms with van der Waals surface area (Å²) in [6, 6.07) is 10.2. The molecule has 1 aromatic carbocycles. The van der Waals surface area contributed by atoms with Gasteiger partial charge >= 0.3 is 0 Å². The van der Waals surface area contributed by atoms with E-state index in [-0.39, 0.29) is 5.60 Å². The molecule has 0 aromatic heterocycles. The van der Waals surface area contributed by atoms with Crippen LogP contribution in [0.1, 0.15) is 25.3 Å². The van der Waals surface area contributed by atoms with Gasteiger partial charge in [-0.15, -0.1) is 0 Å². The molecule has 1 aliphatic heterocycles. The number of rotatable bonds is 2. The van der Waals surface area contributed by atoms with Gasteiger partial charge in [0.15, 0.2) is 0 Å². The van der Waals surface area contributed by atoms with Gasteiger partial charge in [0.25, 0.3) is 0 Å². The van der Waals surface area contributed by atoms with Crippen LogP contribution >= 0.6 is 0 Å². The Balaban J connectivity index is 2.28. The second kappa shape index (κ2) is 3.34. The van der Waals surface area contributed by atoms with E-state index in [0.29, 0.717) is 6.42 Å². The van der Waals surface area contributed by atoms with E-state index in [4.69, 9.17) is 10.00 Å². The first-order chi connectivity index (χ1) is 6.79. The van der Waals surface area contributed by atoms with Gasteiger partial charge in [0.1, 0.15) is 11.4 Å². The Kier molecular flexibility index (Phi) is 2.17. The van der Waals surface area contributed by atoms with Gasteiger partial charge in [-0.25, -0.2) is 0 Å². The highest BCUT2D eigenvalue weighted by atomic mass is 16.5. The van der Waals surface area contributed by atoms with Crippen LogP contribution in [0, 0.1) is 11.3 Å². The Bertz CT molecular complexity index is 353. The molecule has 1 aliphatic rings. The van der Waals surface area contributed by atoms with E-state index in [0.717, 1.165) is 18.6 Å². The lowest BCUT2D eigenvalue weighted by molar-refractivity contribution is 0.0953. The number of benzene rings is 1. The number of fused-ring (bicyclic) bond motifs is 1. The first-order valence-electron chi connectivity index (χ1n) is 4.93. The summed E-state index contributed by atoms with van der Waals surface area (Å²) in [5.41, 5.74) is 0.961. The third-order valence-electron chi connectivity index (χ3n) is 2.86. The zero-order valence-electron chi connectivity index (χ0n) is 8.29. The number of hydrogen-bond acceptors (Lipinski definition) is 2. The molecule has 0 saturated carbocycles. The van der Waals surface area contributed by atoms with Crippen LogP contribution in [0.4, 0.5) is 0 Å². The third-order valence-corrected chi connectivity index (χ3v) is 2.86. The van der Waals surface area contributed by atoms with Crippen molar-refractivity contribution in [2.24, 2.45) is 0 Å². The van der Waals surface area contributed by atoms with Crippen molar-refractivity contribution >= 4 is 0 Å². The molecule has 2 rings (SSSR count).